The molecule has 1 unspecified atom stereocenters. The van der Waals surface area contributed by atoms with Crippen LogP contribution in [0.2, 0.25) is 0 Å². The van der Waals surface area contributed by atoms with Gasteiger partial charge in [-0.1, -0.05) is 12.1 Å². The average Bonchev–Trinajstić information content (AvgIpc) is 3.25. The Morgan fingerprint density at radius 3 is 2.71 bits per heavy atom. The second kappa shape index (κ2) is 7.31. The van der Waals surface area contributed by atoms with Crippen molar-refractivity contribution in [2.24, 2.45) is 5.73 Å². The van der Waals surface area contributed by atoms with Gasteiger partial charge in [-0.3, -0.25) is 14.5 Å². The highest BCUT2D eigenvalue weighted by Crippen LogP contribution is 2.20. The number of benzene rings is 1. The molecule has 2 amide bonds. The van der Waals surface area contributed by atoms with Gasteiger partial charge in [0.25, 0.3) is 0 Å². The molecule has 3 rings (SSSR count). The number of carbonyl (C=O) groups excluding carboxylic acids is 2. The van der Waals surface area contributed by atoms with Crippen LogP contribution >= 0.6 is 0 Å². The SMILES string of the molecule is NC(=O)c1ccc(CN2CCCC2C(=O)NCc2ccco2)cc1. The van der Waals surface area contributed by atoms with Crippen molar-refractivity contribution in [3.05, 3.63) is 59.5 Å². The number of nitrogens with one attached hydrogen (secondary N) is 1. The Bertz CT molecular complexity index is 695. The molecule has 1 atom stereocenters. The first-order chi connectivity index (χ1) is 11.6. The highest BCUT2D eigenvalue weighted by Gasteiger charge is 2.30. The molecule has 2 heterocycles. The Morgan fingerprint density at radius 2 is 2.04 bits per heavy atom. The number of amides is 2. The monoisotopic (exact) mass is 327 g/mol. The van der Waals surface area contributed by atoms with E-state index >= 15 is 0 Å². The van der Waals surface area contributed by atoms with Gasteiger partial charge in [-0.2, -0.15) is 0 Å². The van der Waals surface area contributed by atoms with Crippen molar-refractivity contribution in [2.45, 2.75) is 32.0 Å². The summed E-state index contributed by atoms with van der Waals surface area (Å²) in [7, 11) is 0. The molecule has 0 aliphatic carbocycles. The number of primary amides is 1. The molecule has 6 nitrogen and oxygen atoms in total. The Hall–Kier alpha value is -2.60. The van der Waals surface area contributed by atoms with Gasteiger partial charge in [0.1, 0.15) is 5.76 Å². The zero-order valence-corrected chi connectivity index (χ0v) is 13.4. The summed E-state index contributed by atoms with van der Waals surface area (Å²) in [6.45, 7) is 1.97. The van der Waals surface area contributed by atoms with Crippen LogP contribution < -0.4 is 11.1 Å². The summed E-state index contributed by atoms with van der Waals surface area (Å²) < 4.78 is 5.23. The predicted octanol–water partition coefficient (Wildman–Crippen LogP) is 1.66. The molecule has 0 bridgehead atoms. The van der Waals surface area contributed by atoms with Crippen LogP contribution in [-0.2, 0) is 17.9 Å². The Labute approximate surface area is 140 Å². The van der Waals surface area contributed by atoms with Gasteiger partial charge in [0.2, 0.25) is 11.8 Å². The third-order valence-electron chi connectivity index (χ3n) is 4.31. The number of nitrogens with zero attached hydrogens (tertiary/aromatic N) is 1. The van der Waals surface area contributed by atoms with Crippen molar-refractivity contribution in [1.29, 1.82) is 0 Å². The lowest BCUT2D eigenvalue weighted by Crippen LogP contribution is -2.42. The maximum atomic E-state index is 12.4. The minimum atomic E-state index is -0.432. The largest absolute Gasteiger partial charge is 0.467 e. The third kappa shape index (κ3) is 3.83. The molecule has 3 N–H and O–H groups in total. The van der Waals surface area contributed by atoms with Crippen LogP contribution in [0.3, 0.4) is 0 Å². The van der Waals surface area contributed by atoms with E-state index < -0.39 is 5.91 Å². The highest BCUT2D eigenvalue weighted by atomic mass is 16.3. The molecule has 0 spiro atoms. The first-order valence-electron chi connectivity index (χ1n) is 8.06. The van der Waals surface area contributed by atoms with E-state index in [2.05, 4.69) is 10.2 Å². The summed E-state index contributed by atoms with van der Waals surface area (Å²) in [4.78, 5) is 25.7. The van der Waals surface area contributed by atoms with E-state index in [1.165, 1.54) is 0 Å². The summed E-state index contributed by atoms with van der Waals surface area (Å²) >= 11 is 0. The standard InChI is InChI=1S/C18H21N3O3/c19-17(22)14-7-5-13(6-8-14)12-21-9-1-4-16(21)18(23)20-11-15-3-2-10-24-15/h2-3,5-8,10,16H,1,4,9,11-12H2,(H2,19,22)(H,20,23). The van der Waals surface area contributed by atoms with Crippen molar-refractivity contribution in [3.63, 3.8) is 0 Å². The maximum absolute atomic E-state index is 12.4. The molecule has 1 aromatic carbocycles. The van der Waals surface area contributed by atoms with E-state index in [4.69, 9.17) is 10.2 Å². The lowest BCUT2D eigenvalue weighted by atomic mass is 10.1. The molecular weight excluding hydrogens is 306 g/mol. The molecule has 1 aliphatic rings. The van der Waals surface area contributed by atoms with Gasteiger partial charge in [-0.25, -0.2) is 0 Å². The van der Waals surface area contributed by atoms with E-state index in [0.717, 1.165) is 30.7 Å². The average molecular weight is 327 g/mol. The zero-order valence-electron chi connectivity index (χ0n) is 13.4. The van der Waals surface area contributed by atoms with Gasteiger partial charge in [0, 0.05) is 12.1 Å². The van der Waals surface area contributed by atoms with Gasteiger partial charge in [0.05, 0.1) is 18.8 Å². The number of furan rings is 1. The number of likely N-dealkylation sites (tertiary alicyclic amines) is 1. The summed E-state index contributed by atoms with van der Waals surface area (Å²) in [5.41, 5.74) is 6.81. The lowest BCUT2D eigenvalue weighted by molar-refractivity contribution is -0.125. The zero-order chi connectivity index (χ0) is 16.9. The summed E-state index contributed by atoms with van der Waals surface area (Å²) in [5, 5.41) is 2.93. The number of hydrogen-bond acceptors (Lipinski definition) is 4. The van der Waals surface area contributed by atoms with Gasteiger partial charge in [-0.05, 0) is 49.2 Å². The highest BCUT2D eigenvalue weighted by molar-refractivity contribution is 5.92. The van der Waals surface area contributed by atoms with Crippen LogP contribution in [0.15, 0.2) is 47.1 Å². The minimum Gasteiger partial charge on any atom is -0.467 e. The molecule has 1 aliphatic heterocycles. The topological polar surface area (TPSA) is 88.6 Å². The molecule has 126 valence electrons. The van der Waals surface area contributed by atoms with E-state index in [1.807, 2.05) is 18.2 Å². The molecule has 1 aromatic heterocycles. The normalized spacial score (nSPS) is 17.8. The van der Waals surface area contributed by atoms with Gasteiger partial charge < -0.3 is 15.5 Å². The van der Waals surface area contributed by atoms with Crippen molar-refractivity contribution >= 4 is 11.8 Å². The molecule has 24 heavy (non-hydrogen) atoms. The third-order valence-corrected chi connectivity index (χ3v) is 4.31. The first kappa shape index (κ1) is 16.3. The van der Waals surface area contributed by atoms with Crippen LogP contribution in [-0.4, -0.2) is 29.3 Å². The van der Waals surface area contributed by atoms with E-state index in [9.17, 15) is 9.59 Å². The second-order valence-corrected chi connectivity index (χ2v) is 5.99. The Balaban J connectivity index is 1.58. The lowest BCUT2D eigenvalue weighted by Gasteiger charge is -2.23. The van der Waals surface area contributed by atoms with Gasteiger partial charge >= 0.3 is 0 Å². The molecule has 0 radical (unpaired) electrons. The van der Waals surface area contributed by atoms with Crippen molar-refractivity contribution in [1.82, 2.24) is 10.2 Å². The van der Waals surface area contributed by atoms with Crippen LogP contribution in [0, 0.1) is 0 Å². The predicted molar refractivity (Wildman–Crippen MR) is 88.9 cm³/mol. The molecule has 1 fully saturated rings. The molecule has 0 saturated carbocycles. The van der Waals surface area contributed by atoms with E-state index in [1.54, 1.807) is 24.5 Å². The Morgan fingerprint density at radius 1 is 1.25 bits per heavy atom. The number of rotatable bonds is 6. The fourth-order valence-corrected chi connectivity index (χ4v) is 3.03. The fraction of sp³-hybridized carbons (Fsp3) is 0.333. The minimum absolute atomic E-state index is 0.0256. The summed E-state index contributed by atoms with van der Waals surface area (Å²) in [6.07, 6.45) is 3.45. The van der Waals surface area contributed by atoms with Crippen molar-refractivity contribution in [3.8, 4) is 0 Å². The molecular formula is C18H21N3O3. The van der Waals surface area contributed by atoms with Crippen LogP contribution in [0.1, 0.15) is 34.5 Å². The smallest absolute Gasteiger partial charge is 0.248 e. The molecule has 6 heteroatoms. The van der Waals surface area contributed by atoms with E-state index in [-0.39, 0.29) is 11.9 Å². The summed E-state index contributed by atoms with van der Waals surface area (Å²) in [6, 6.07) is 10.7. The van der Waals surface area contributed by atoms with Gasteiger partial charge in [0.15, 0.2) is 0 Å². The first-order valence-corrected chi connectivity index (χ1v) is 8.06. The van der Waals surface area contributed by atoms with Crippen LogP contribution in [0.25, 0.3) is 0 Å². The van der Waals surface area contributed by atoms with Crippen LogP contribution in [0.4, 0.5) is 0 Å². The Kier molecular flexibility index (Phi) is 4.96. The van der Waals surface area contributed by atoms with Crippen molar-refractivity contribution < 1.29 is 14.0 Å². The van der Waals surface area contributed by atoms with Gasteiger partial charge in [-0.15, -0.1) is 0 Å². The van der Waals surface area contributed by atoms with E-state index in [0.29, 0.717) is 18.7 Å². The number of carbonyl (C=O) groups is 2. The maximum Gasteiger partial charge on any atom is 0.248 e. The second-order valence-electron chi connectivity index (χ2n) is 5.99. The number of nitrogens with two attached hydrogens (primary N) is 1. The quantitative estimate of drug-likeness (QED) is 0.844. The van der Waals surface area contributed by atoms with Crippen LogP contribution in [0.5, 0.6) is 0 Å². The van der Waals surface area contributed by atoms with Crippen molar-refractivity contribution in [2.75, 3.05) is 6.54 Å². The molecule has 2 aromatic rings. The number of hydrogen-bond donors (Lipinski definition) is 2. The summed E-state index contributed by atoms with van der Waals surface area (Å²) in [5.74, 6) is 0.338. The fourth-order valence-electron chi connectivity index (χ4n) is 3.03. The molecule has 1 saturated heterocycles.